The number of carbonyl (C=O) groups excluding carboxylic acids is 2. The molecular weight excluding hydrogens is 342 g/mol. The molecule has 5 heteroatoms. The fourth-order valence-corrected chi connectivity index (χ4v) is 3.44. The molecule has 154 valence electrons. The Balaban J connectivity index is 2.12. The number of carbonyl (C=O) groups is 2. The molecule has 0 N–H and O–H groups in total. The normalized spacial score (nSPS) is 16.6. The summed E-state index contributed by atoms with van der Waals surface area (Å²) in [4.78, 5) is 25.8. The summed E-state index contributed by atoms with van der Waals surface area (Å²) in [7, 11) is 0. The number of unbranched alkanes of at least 4 members (excludes halogenated alkanes) is 9. The minimum atomic E-state index is -0.535. The molecule has 1 atom stereocenters. The van der Waals surface area contributed by atoms with E-state index in [2.05, 4.69) is 12.8 Å². The Morgan fingerprint density at radius 2 is 1.59 bits per heavy atom. The van der Waals surface area contributed by atoms with E-state index in [9.17, 15) is 9.59 Å². The molecule has 0 aromatic rings. The van der Waals surface area contributed by atoms with Crippen molar-refractivity contribution in [1.29, 1.82) is 0 Å². The van der Waals surface area contributed by atoms with Crippen LogP contribution in [0.5, 0.6) is 0 Å². The second-order valence-corrected chi connectivity index (χ2v) is 7.31. The second-order valence-electron chi connectivity index (χ2n) is 7.31. The number of piperidine rings is 1. The first-order chi connectivity index (χ1) is 13.2. The van der Waals surface area contributed by atoms with Crippen LogP contribution in [-0.4, -0.2) is 42.8 Å². The summed E-state index contributed by atoms with van der Waals surface area (Å²) < 4.78 is 10.4. The van der Waals surface area contributed by atoms with E-state index in [1.54, 1.807) is 0 Å². The fraction of sp³-hybridized carbons (Fsp3) is 0.818. The van der Waals surface area contributed by atoms with Crippen molar-refractivity contribution in [3.8, 4) is 12.3 Å². The third kappa shape index (κ3) is 10.3. The molecule has 1 saturated heterocycles. The van der Waals surface area contributed by atoms with Crippen LogP contribution in [0, 0.1) is 12.3 Å². The molecule has 27 heavy (non-hydrogen) atoms. The molecule has 0 radical (unpaired) electrons. The van der Waals surface area contributed by atoms with Gasteiger partial charge >= 0.3 is 12.1 Å². The van der Waals surface area contributed by atoms with Crippen LogP contribution in [0.25, 0.3) is 0 Å². The first-order valence-corrected chi connectivity index (χ1v) is 10.7. The summed E-state index contributed by atoms with van der Waals surface area (Å²) in [5.74, 6) is 1.95. The zero-order valence-electron chi connectivity index (χ0n) is 17.0. The number of nitrogens with zero attached hydrogens (tertiary/aromatic N) is 1. The highest BCUT2D eigenvalue weighted by atomic mass is 16.6. The third-order valence-corrected chi connectivity index (χ3v) is 5.03. The Labute approximate surface area is 165 Å². The number of hydrogen-bond donors (Lipinski definition) is 0. The number of rotatable bonds is 13. The third-order valence-electron chi connectivity index (χ3n) is 5.03. The summed E-state index contributed by atoms with van der Waals surface area (Å²) in [6.07, 6.45) is 19.4. The van der Waals surface area contributed by atoms with Crippen molar-refractivity contribution in [3.05, 3.63) is 0 Å². The van der Waals surface area contributed by atoms with Gasteiger partial charge in [-0.2, -0.15) is 0 Å². The minimum Gasteiger partial charge on any atom is -0.464 e. The molecule has 1 aliphatic heterocycles. The Morgan fingerprint density at radius 3 is 2.22 bits per heavy atom. The summed E-state index contributed by atoms with van der Waals surface area (Å²) in [5.41, 5.74) is 0. The van der Waals surface area contributed by atoms with Crippen LogP contribution in [0.3, 0.4) is 0 Å². The van der Waals surface area contributed by atoms with E-state index < -0.39 is 12.1 Å². The summed E-state index contributed by atoms with van der Waals surface area (Å²) in [5, 5.41) is 0. The van der Waals surface area contributed by atoms with Crippen LogP contribution >= 0.6 is 0 Å². The number of likely N-dealkylation sites (tertiary alicyclic amines) is 1. The lowest BCUT2D eigenvalue weighted by atomic mass is 10.0. The second kappa shape index (κ2) is 15.4. The lowest BCUT2D eigenvalue weighted by Crippen LogP contribution is -2.49. The lowest BCUT2D eigenvalue weighted by molar-refractivity contribution is -0.150. The molecular formula is C22H37NO4. The van der Waals surface area contributed by atoms with Crippen LogP contribution in [0.2, 0.25) is 0 Å². The van der Waals surface area contributed by atoms with Gasteiger partial charge in [-0.25, -0.2) is 9.59 Å². The largest absolute Gasteiger partial charge is 0.464 e. The van der Waals surface area contributed by atoms with Gasteiger partial charge in [0.05, 0.1) is 6.61 Å². The molecule has 0 aromatic carbocycles. The van der Waals surface area contributed by atoms with Crippen LogP contribution in [-0.2, 0) is 14.3 Å². The van der Waals surface area contributed by atoms with Crippen molar-refractivity contribution in [3.63, 3.8) is 0 Å². The van der Waals surface area contributed by atoms with E-state index in [4.69, 9.17) is 15.9 Å². The van der Waals surface area contributed by atoms with Gasteiger partial charge in [0.15, 0.2) is 6.61 Å². The Morgan fingerprint density at radius 1 is 0.963 bits per heavy atom. The molecule has 0 saturated carbocycles. The average molecular weight is 380 g/mol. The number of terminal acetylenes is 1. The maximum absolute atomic E-state index is 12.3. The van der Waals surface area contributed by atoms with E-state index in [1.807, 2.05) is 0 Å². The number of amides is 1. The SMILES string of the molecule is C#CCOC(=O)N1CCCCC1C(=O)OCCCCCCCCCCCC. The molecule has 1 amide bonds. The monoisotopic (exact) mass is 379 g/mol. The predicted molar refractivity (Wildman–Crippen MR) is 107 cm³/mol. The van der Waals surface area contributed by atoms with Crippen molar-refractivity contribution in [2.75, 3.05) is 19.8 Å². The van der Waals surface area contributed by atoms with E-state index in [0.29, 0.717) is 19.6 Å². The molecule has 0 aliphatic carbocycles. The highest BCUT2D eigenvalue weighted by Gasteiger charge is 2.34. The Hall–Kier alpha value is -1.70. The van der Waals surface area contributed by atoms with E-state index in [1.165, 1.54) is 56.3 Å². The zero-order chi connectivity index (χ0) is 19.7. The van der Waals surface area contributed by atoms with Crippen LogP contribution in [0.1, 0.15) is 90.4 Å². The first kappa shape index (κ1) is 23.3. The van der Waals surface area contributed by atoms with Crippen molar-refractivity contribution in [2.45, 2.75) is 96.4 Å². The van der Waals surface area contributed by atoms with Crippen molar-refractivity contribution >= 4 is 12.1 Å². The average Bonchev–Trinajstić information content (AvgIpc) is 2.70. The molecule has 1 rings (SSSR count). The van der Waals surface area contributed by atoms with Crippen molar-refractivity contribution in [2.24, 2.45) is 0 Å². The number of ether oxygens (including phenoxy) is 2. The van der Waals surface area contributed by atoms with Gasteiger partial charge in [0.25, 0.3) is 0 Å². The smallest absolute Gasteiger partial charge is 0.411 e. The number of esters is 1. The molecule has 1 fully saturated rings. The molecule has 0 aromatic heterocycles. The van der Waals surface area contributed by atoms with Gasteiger partial charge in [-0.15, -0.1) is 6.42 Å². The van der Waals surface area contributed by atoms with Crippen LogP contribution < -0.4 is 0 Å². The van der Waals surface area contributed by atoms with Gasteiger partial charge in [-0.1, -0.05) is 70.6 Å². The van der Waals surface area contributed by atoms with E-state index >= 15 is 0 Å². The van der Waals surface area contributed by atoms with Crippen LogP contribution in [0.4, 0.5) is 4.79 Å². The van der Waals surface area contributed by atoms with Gasteiger partial charge < -0.3 is 9.47 Å². The quantitative estimate of drug-likeness (QED) is 0.254. The van der Waals surface area contributed by atoms with Gasteiger partial charge in [0.2, 0.25) is 0 Å². The minimum absolute atomic E-state index is 0.0737. The topological polar surface area (TPSA) is 55.8 Å². The van der Waals surface area contributed by atoms with Crippen molar-refractivity contribution < 1.29 is 19.1 Å². The maximum atomic E-state index is 12.3. The lowest BCUT2D eigenvalue weighted by Gasteiger charge is -2.32. The molecule has 0 bridgehead atoms. The molecule has 1 unspecified atom stereocenters. The van der Waals surface area contributed by atoms with Gasteiger partial charge in [-0.3, -0.25) is 4.90 Å². The van der Waals surface area contributed by atoms with Crippen molar-refractivity contribution in [1.82, 2.24) is 4.90 Å². The first-order valence-electron chi connectivity index (χ1n) is 10.7. The highest BCUT2D eigenvalue weighted by Crippen LogP contribution is 2.19. The standard InChI is InChI=1S/C22H37NO4/c1-3-5-6-7-8-9-10-11-12-15-19-26-21(24)20-16-13-14-17-23(20)22(25)27-18-4-2/h2,20H,3,5-19H2,1H3. The fourth-order valence-electron chi connectivity index (χ4n) is 3.44. The zero-order valence-corrected chi connectivity index (χ0v) is 17.0. The molecule has 5 nitrogen and oxygen atoms in total. The molecule has 1 aliphatic rings. The summed E-state index contributed by atoms with van der Waals surface area (Å²) in [6, 6.07) is -0.535. The van der Waals surface area contributed by atoms with Gasteiger partial charge in [0.1, 0.15) is 6.04 Å². The maximum Gasteiger partial charge on any atom is 0.411 e. The molecule has 1 heterocycles. The van der Waals surface area contributed by atoms with Gasteiger partial charge in [0, 0.05) is 6.54 Å². The highest BCUT2D eigenvalue weighted by molar-refractivity contribution is 5.81. The Kier molecular flexibility index (Phi) is 13.3. The molecule has 0 spiro atoms. The summed E-state index contributed by atoms with van der Waals surface area (Å²) >= 11 is 0. The predicted octanol–water partition coefficient (Wildman–Crippen LogP) is 5.07. The summed E-state index contributed by atoms with van der Waals surface area (Å²) in [6.45, 7) is 3.11. The van der Waals surface area contributed by atoms with E-state index in [-0.39, 0.29) is 12.6 Å². The van der Waals surface area contributed by atoms with E-state index in [0.717, 1.165) is 25.7 Å². The number of hydrogen-bond acceptors (Lipinski definition) is 4. The van der Waals surface area contributed by atoms with Gasteiger partial charge in [-0.05, 0) is 25.7 Å². The van der Waals surface area contributed by atoms with Crippen LogP contribution in [0.15, 0.2) is 0 Å². The Bertz CT molecular complexity index is 458.